The second-order valence-electron chi connectivity index (χ2n) is 5.47. The molecule has 1 heterocycles. The predicted molar refractivity (Wildman–Crippen MR) is 83.0 cm³/mol. The minimum absolute atomic E-state index is 0.0575. The van der Waals surface area contributed by atoms with E-state index in [0.29, 0.717) is 23.9 Å². The van der Waals surface area contributed by atoms with Gasteiger partial charge in [0.05, 0.1) is 12.5 Å². The summed E-state index contributed by atoms with van der Waals surface area (Å²) in [6.45, 7) is 3.25. The van der Waals surface area contributed by atoms with Crippen LogP contribution in [-0.4, -0.2) is 35.0 Å². The maximum atomic E-state index is 11.9. The lowest BCUT2D eigenvalue weighted by Crippen LogP contribution is -2.26. The third kappa shape index (κ3) is 4.13. The van der Waals surface area contributed by atoms with Gasteiger partial charge in [-0.1, -0.05) is 24.9 Å². The van der Waals surface area contributed by atoms with Crippen molar-refractivity contribution in [2.24, 2.45) is 5.92 Å². The Morgan fingerprint density at radius 2 is 2.27 bits per heavy atom. The van der Waals surface area contributed by atoms with E-state index in [9.17, 15) is 9.59 Å². The molecule has 22 heavy (non-hydrogen) atoms. The van der Waals surface area contributed by atoms with Crippen molar-refractivity contribution in [2.45, 2.75) is 32.7 Å². The molecule has 1 aromatic carbocycles. The van der Waals surface area contributed by atoms with Gasteiger partial charge in [0.2, 0.25) is 5.91 Å². The van der Waals surface area contributed by atoms with Crippen molar-refractivity contribution in [3.63, 3.8) is 0 Å². The third-order valence-electron chi connectivity index (χ3n) is 3.70. The Morgan fingerprint density at radius 3 is 2.91 bits per heavy atom. The van der Waals surface area contributed by atoms with Crippen molar-refractivity contribution in [2.75, 3.05) is 13.2 Å². The first kappa shape index (κ1) is 16.6. The number of aliphatic carboxylic acids is 1. The molecular weight excluding hydrogens is 306 g/mol. The number of amides is 1. The summed E-state index contributed by atoms with van der Waals surface area (Å²) >= 11 is 6.03. The topological polar surface area (TPSA) is 66.8 Å². The molecule has 1 aliphatic rings. The molecule has 1 aliphatic heterocycles. The van der Waals surface area contributed by atoms with Crippen LogP contribution in [0.25, 0.3) is 0 Å². The molecule has 6 heteroatoms. The molecule has 2 rings (SSSR count). The summed E-state index contributed by atoms with van der Waals surface area (Å²) < 4.78 is 5.74. The normalized spacial score (nSPS) is 17.8. The monoisotopic (exact) mass is 325 g/mol. The first-order chi connectivity index (χ1) is 10.5. The largest absolute Gasteiger partial charge is 0.493 e. The van der Waals surface area contributed by atoms with Crippen LogP contribution in [0.2, 0.25) is 5.02 Å². The Hall–Kier alpha value is -1.75. The van der Waals surface area contributed by atoms with Crippen LogP contribution in [0.5, 0.6) is 5.75 Å². The van der Waals surface area contributed by atoms with Gasteiger partial charge in [-0.25, -0.2) is 0 Å². The van der Waals surface area contributed by atoms with Crippen LogP contribution in [0.4, 0.5) is 0 Å². The van der Waals surface area contributed by atoms with Gasteiger partial charge in [-0.2, -0.15) is 0 Å². The molecule has 1 fully saturated rings. The number of carboxylic acid groups (broad SMARTS) is 1. The van der Waals surface area contributed by atoms with Gasteiger partial charge in [0.1, 0.15) is 5.75 Å². The van der Waals surface area contributed by atoms with Crippen LogP contribution < -0.4 is 4.74 Å². The fourth-order valence-electron chi connectivity index (χ4n) is 2.43. The number of unbranched alkanes of at least 4 members (excludes halogenated alkanes) is 1. The molecule has 0 radical (unpaired) electrons. The third-order valence-corrected chi connectivity index (χ3v) is 3.94. The summed E-state index contributed by atoms with van der Waals surface area (Å²) in [5.41, 5.74) is 0.808. The molecule has 1 saturated heterocycles. The van der Waals surface area contributed by atoms with Gasteiger partial charge in [-0.05, 0) is 24.6 Å². The molecule has 0 aliphatic carbocycles. The van der Waals surface area contributed by atoms with Gasteiger partial charge in [-0.15, -0.1) is 0 Å². The summed E-state index contributed by atoms with van der Waals surface area (Å²) in [5.74, 6) is -1.01. The highest BCUT2D eigenvalue weighted by atomic mass is 35.5. The van der Waals surface area contributed by atoms with Crippen LogP contribution in [0.3, 0.4) is 0 Å². The van der Waals surface area contributed by atoms with Gasteiger partial charge in [0.25, 0.3) is 0 Å². The number of nitrogens with zero attached hydrogens (tertiary/aromatic N) is 1. The number of benzene rings is 1. The molecule has 0 aromatic heterocycles. The second-order valence-corrected chi connectivity index (χ2v) is 5.90. The second kappa shape index (κ2) is 7.49. The van der Waals surface area contributed by atoms with E-state index in [-0.39, 0.29) is 18.9 Å². The molecule has 1 N–H and O–H groups in total. The van der Waals surface area contributed by atoms with Crippen LogP contribution in [0.15, 0.2) is 18.2 Å². The summed E-state index contributed by atoms with van der Waals surface area (Å²) in [6.07, 6.45) is 2.04. The molecule has 0 bridgehead atoms. The average Bonchev–Trinajstić information content (AvgIpc) is 2.83. The minimum Gasteiger partial charge on any atom is -0.493 e. The molecular formula is C16H20ClNO4. The smallest absolute Gasteiger partial charge is 0.308 e. The molecule has 120 valence electrons. The Morgan fingerprint density at radius 1 is 1.50 bits per heavy atom. The number of hydrogen-bond donors (Lipinski definition) is 1. The highest BCUT2D eigenvalue weighted by molar-refractivity contribution is 6.30. The Kier molecular flexibility index (Phi) is 5.66. The number of likely N-dealkylation sites (tertiary alicyclic amines) is 1. The molecule has 1 aromatic rings. The van der Waals surface area contributed by atoms with Crippen molar-refractivity contribution in [3.8, 4) is 5.75 Å². The zero-order valence-corrected chi connectivity index (χ0v) is 13.3. The van der Waals surface area contributed by atoms with Crippen molar-refractivity contribution in [3.05, 3.63) is 28.8 Å². The molecule has 1 unspecified atom stereocenters. The zero-order valence-electron chi connectivity index (χ0n) is 12.5. The van der Waals surface area contributed by atoms with E-state index in [0.717, 1.165) is 18.4 Å². The van der Waals surface area contributed by atoms with E-state index in [1.54, 1.807) is 23.1 Å². The first-order valence-corrected chi connectivity index (χ1v) is 7.81. The van der Waals surface area contributed by atoms with Crippen LogP contribution >= 0.6 is 11.6 Å². The molecule has 1 amide bonds. The fourth-order valence-corrected chi connectivity index (χ4v) is 2.63. The van der Waals surface area contributed by atoms with E-state index >= 15 is 0 Å². The zero-order chi connectivity index (χ0) is 16.1. The van der Waals surface area contributed by atoms with Crippen molar-refractivity contribution in [1.29, 1.82) is 0 Å². The number of carboxylic acids is 1. The van der Waals surface area contributed by atoms with E-state index in [2.05, 4.69) is 6.92 Å². The molecule has 5 nitrogen and oxygen atoms in total. The lowest BCUT2D eigenvalue weighted by Gasteiger charge is -2.19. The highest BCUT2D eigenvalue weighted by Crippen LogP contribution is 2.27. The molecule has 0 spiro atoms. The summed E-state index contributed by atoms with van der Waals surface area (Å²) in [4.78, 5) is 24.5. The number of rotatable bonds is 7. The maximum Gasteiger partial charge on any atom is 0.308 e. The molecule has 1 atom stereocenters. The van der Waals surface area contributed by atoms with Gasteiger partial charge < -0.3 is 14.7 Å². The SMILES string of the molecule is CCCCOc1ccc(Cl)cc1CN1CC(C(=O)O)CC1=O. The number of hydrogen-bond acceptors (Lipinski definition) is 3. The van der Waals surface area contributed by atoms with E-state index < -0.39 is 11.9 Å². The van der Waals surface area contributed by atoms with E-state index in [4.69, 9.17) is 21.4 Å². The van der Waals surface area contributed by atoms with Crippen LogP contribution in [0, 0.1) is 5.92 Å². The van der Waals surface area contributed by atoms with Crippen molar-refractivity contribution < 1.29 is 19.4 Å². The number of carbonyl (C=O) groups is 2. The minimum atomic E-state index is -0.929. The standard InChI is InChI=1S/C16H20ClNO4/c1-2-3-6-22-14-5-4-13(17)7-11(14)9-18-10-12(16(20)21)8-15(18)19/h4-5,7,12H,2-3,6,8-10H2,1H3,(H,20,21). The lowest BCUT2D eigenvalue weighted by molar-refractivity contribution is -0.141. The summed E-state index contributed by atoms with van der Waals surface area (Å²) in [6, 6.07) is 5.31. The number of ether oxygens (including phenoxy) is 1. The first-order valence-electron chi connectivity index (χ1n) is 7.43. The van der Waals surface area contributed by atoms with Crippen molar-refractivity contribution in [1.82, 2.24) is 4.90 Å². The Balaban J connectivity index is 2.09. The number of carbonyl (C=O) groups excluding carboxylic acids is 1. The van der Waals surface area contributed by atoms with Gasteiger partial charge in [0.15, 0.2) is 0 Å². The van der Waals surface area contributed by atoms with E-state index in [1.165, 1.54) is 0 Å². The summed E-state index contributed by atoms with van der Waals surface area (Å²) in [7, 11) is 0. The molecule has 0 saturated carbocycles. The lowest BCUT2D eigenvalue weighted by atomic mass is 10.1. The quantitative estimate of drug-likeness (QED) is 0.783. The highest BCUT2D eigenvalue weighted by Gasteiger charge is 2.34. The number of halogens is 1. The van der Waals surface area contributed by atoms with Crippen LogP contribution in [-0.2, 0) is 16.1 Å². The maximum absolute atomic E-state index is 11.9. The Labute approximate surface area is 134 Å². The van der Waals surface area contributed by atoms with Gasteiger partial charge in [0, 0.05) is 30.1 Å². The predicted octanol–water partition coefficient (Wildman–Crippen LogP) is 2.95. The van der Waals surface area contributed by atoms with Gasteiger partial charge in [-0.3, -0.25) is 9.59 Å². The summed E-state index contributed by atoms with van der Waals surface area (Å²) in [5, 5.41) is 9.60. The van der Waals surface area contributed by atoms with E-state index in [1.807, 2.05) is 0 Å². The van der Waals surface area contributed by atoms with Crippen LogP contribution in [0.1, 0.15) is 31.7 Å². The van der Waals surface area contributed by atoms with Gasteiger partial charge >= 0.3 is 5.97 Å². The fraction of sp³-hybridized carbons (Fsp3) is 0.500. The van der Waals surface area contributed by atoms with Crippen molar-refractivity contribution >= 4 is 23.5 Å². The average molecular weight is 326 g/mol. The Bertz CT molecular complexity index is 561.